The van der Waals surface area contributed by atoms with Crippen molar-refractivity contribution in [2.24, 2.45) is 0 Å². The van der Waals surface area contributed by atoms with Crippen LogP contribution in [0.5, 0.6) is 5.75 Å². The fraction of sp³-hybridized carbons (Fsp3) is 0.360. The number of nitriles is 1. The van der Waals surface area contributed by atoms with Gasteiger partial charge >= 0.3 is 0 Å². The normalized spacial score (nSPS) is 18.6. The van der Waals surface area contributed by atoms with Gasteiger partial charge in [0.1, 0.15) is 29.9 Å². The molecule has 1 saturated carbocycles. The molecule has 158 valence electrons. The SMILES string of the molecule is N#Cc1c(-c2cccc(F)c2)c2cc(OCC3CCCCO3)ccc2c(=O)n1C1CC1. The second kappa shape index (κ2) is 8.16. The van der Waals surface area contributed by atoms with Gasteiger partial charge in [-0.15, -0.1) is 0 Å². The zero-order valence-electron chi connectivity index (χ0n) is 17.1. The van der Waals surface area contributed by atoms with Gasteiger partial charge in [-0.05, 0) is 68.0 Å². The Morgan fingerprint density at radius 1 is 1.13 bits per heavy atom. The molecule has 3 aromatic rings. The standard InChI is InChI=1S/C25H23FN2O3/c26-17-5-3-4-16(12-17)24-22-13-19(31-15-20-6-1-2-11-30-20)9-10-21(22)25(29)28(18-7-8-18)23(24)14-27/h3-5,9-10,12-13,18,20H,1-2,6-8,11,15H2. The molecule has 31 heavy (non-hydrogen) atoms. The van der Waals surface area contributed by atoms with E-state index in [1.165, 1.54) is 12.1 Å². The van der Waals surface area contributed by atoms with Gasteiger partial charge in [-0.2, -0.15) is 5.26 Å². The Morgan fingerprint density at radius 2 is 2.00 bits per heavy atom. The van der Waals surface area contributed by atoms with E-state index in [9.17, 15) is 14.4 Å². The van der Waals surface area contributed by atoms with Crippen LogP contribution in [0, 0.1) is 17.1 Å². The van der Waals surface area contributed by atoms with Crippen molar-refractivity contribution in [1.82, 2.24) is 4.57 Å². The van der Waals surface area contributed by atoms with E-state index in [2.05, 4.69) is 6.07 Å². The van der Waals surface area contributed by atoms with Crippen molar-refractivity contribution < 1.29 is 13.9 Å². The number of aromatic nitrogens is 1. The minimum absolute atomic E-state index is 0.0261. The maximum Gasteiger partial charge on any atom is 0.259 e. The van der Waals surface area contributed by atoms with Gasteiger partial charge in [0, 0.05) is 29.0 Å². The summed E-state index contributed by atoms with van der Waals surface area (Å²) in [6.45, 7) is 1.19. The lowest BCUT2D eigenvalue weighted by Gasteiger charge is -2.23. The van der Waals surface area contributed by atoms with Gasteiger partial charge in [0.2, 0.25) is 0 Å². The summed E-state index contributed by atoms with van der Waals surface area (Å²) in [5, 5.41) is 11.1. The molecule has 2 heterocycles. The number of halogens is 1. The zero-order chi connectivity index (χ0) is 21.4. The molecular weight excluding hydrogens is 395 g/mol. The summed E-state index contributed by atoms with van der Waals surface area (Å²) in [5.41, 5.74) is 1.24. The topological polar surface area (TPSA) is 64.2 Å². The van der Waals surface area contributed by atoms with Crippen LogP contribution in [0.4, 0.5) is 4.39 Å². The van der Waals surface area contributed by atoms with Crippen LogP contribution in [0.1, 0.15) is 43.8 Å². The molecule has 6 heteroatoms. The molecule has 5 rings (SSSR count). The minimum Gasteiger partial charge on any atom is -0.491 e. The smallest absolute Gasteiger partial charge is 0.259 e. The molecule has 2 fully saturated rings. The summed E-state index contributed by atoms with van der Waals surface area (Å²) in [5.74, 6) is 0.215. The quantitative estimate of drug-likeness (QED) is 0.587. The minimum atomic E-state index is -0.388. The maximum atomic E-state index is 14.1. The summed E-state index contributed by atoms with van der Waals surface area (Å²) in [6, 6.07) is 13.7. The van der Waals surface area contributed by atoms with E-state index >= 15 is 0 Å². The van der Waals surface area contributed by atoms with Crippen molar-refractivity contribution in [1.29, 1.82) is 5.26 Å². The molecular formula is C25H23FN2O3. The molecule has 2 aromatic carbocycles. The van der Waals surface area contributed by atoms with E-state index in [1.54, 1.807) is 34.9 Å². The molecule has 5 nitrogen and oxygen atoms in total. The number of benzene rings is 2. The summed E-state index contributed by atoms with van der Waals surface area (Å²) < 4.78 is 27.4. The Balaban J connectivity index is 1.65. The molecule has 0 radical (unpaired) electrons. The number of hydrogen-bond donors (Lipinski definition) is 0. The first-order valence-corrected chi connectivity index (χ1v) is 10.8. The predicted octanol–water partition coefficient (Wildman–Crippen LogP) is 4.96. The molecule has 0 amide bonds. The van der Waals surface area contributed by atoms with Gasteiger partial charge in [-0.1, -0.05) is 12.1 Å². The number of nitrogens with zero attached hydrogens (tertiary/aromatic N) is 2. The van der Waals surface area contributed by atoms with Gasteiger partial charge < -0.3 is 9.47 Å². The number of ether oxygens (including phenoxy) is 2. The predicted molar refractivity (Wildman–Crippen MR) is 116 cm³/mol. The lowest BCUT2D eigenvalue weighted by Crippen LogP contribution is -2.26. The van der Waals surface area contributed by atoms with Gasteiger partial charge in [-0.3, -0.25) is 9.36 Å². The fourth-order valence-corrected chi connectivity index (χ4v) is 4.34. The average molecular weight is 418 g/mol. The maximum absolute atomic E-state index is 14.1. The molecule has 1 saturated heterocycles. The molecule has 0 bridgehead atoms. The summed E-state index contributed by atoms with van der Waals surface area (Å²) >= 11 is 0. The second-order valence-electron chi connectivity index (χ2n) is 8.26. The van der Waals surface area contributed by atoms with Gasteiger partial charge in [0.25, 0.3) is 5.56 Å². The van der Waals surface area contributed by atoms with Crippen molar-refractivity contribution in [3.05, 3.63) is 64.3 Å². The van der Waals surface area contributed by atoms with Gasteiger partial charge in [0.05, 0.1) is 6.10 Å². The van der Waals surface area contributed by atoms with Crippen molar-refractivity contribution in [3.8, 4) is 22.9 Å². The Kier molecular flexibility index (Phi) is 5.21. The van der Waals surface area contributed by atoms with Crippen molar-refractivity contribution in [3.63, 3.8) is 0 Å². The van der Waals surface area contributed by atoms with Crippen LogP contribution in [-0.2, 0) is 4.74 Å². The number of rotatable bonds is 5. The summed E-state index contributed by atoms with van der Waals surface area (Å²) in [6.07, 6.45) is 4.96. The van der Waals surface area contributed by atoms with Crippen LogP contribution >= 0.6 is 0 Å². The van der Waals surface area contributed by atoms with Crippen molar-refractivity contribution in [2.45, 2.75) is 44.2 Å². The monoisotopic (exact) mass is 418 g/mol. The first kappa shape index (κ1) is 19.8. The van der Waals surface area contributed by atoms with Crippen molar-refractivity contribution >= 4 is 10.8 Å². The van der Waals surface area contributed by atoms with Gasteiger partial charge in [0.15, 0.2) is 0 Å². The second-order valence-corrected chi connectivity index (χ2v) is 8.26. The highest BCUT2D eigenvalue weighted by Gasteiger charge is 2.30. The van der Waals surface area contributed by atoms with E-state index in [1.807, 2.05) is 0 Å². The van der Waals surface area contributed by atoms with Crippen LogP contribution in [-0.4, -0.2) is 23.9 Å². The number of hydrogen-bond acceptors (Lipinski definition) is 4. The summed E-state index contributed by atoms with van der Waals surface area (Å²) in [4.78, 5) is 13.2. The number of pyridine rings is 1. The Morgan fingerprint density at radius 3 is 2.71 bits per heavy atom. The molecule has 2 aliphatic rings. The van der Waals surface area contributed by atoms with E-state index in [0.717, 1.165) is 38.7 Å². The Bertz CT molecular complexity index is 1230. The highest BCUT2D eigenvalue weighted by Crippen LogP contribution is 2.39. The molecule has 0 N–H and O–H groups in total. The van der Waals surface area contributed by atoms with E-state index < -0.39 is 0 Å². The van der Waals surface area contributed by atoms with Crippen LogP contribution in [0.3, 0.4) is 0 Å². The first-order valence-electron chi connectivity index (χ1n) is 10.8. The van der Waals surface area contributed by atoms with E-state index in [0.29, 0.717) is 34.3 Å². The third-order valence-electron chi connectivity index (χ3n) is 6.03. The zero-order valence-corrected chi connectivity index (χ0v) is 17.1. The fourth-order valence-electron chi connectivity index (χ4n) is 4.34. The van der Waals surface area contributed by atoms with Crippen LogP contribution in [0.15, 0.2) is 47.3 Å². The lowest BCUT2D eigenvalue weighted by atomic mass is 9.96. The highest BCUT2D eigenvalue weighted by molar-refractivity contribution is 5.99. The third kappa shape index (κ3) is 3.82. The van der Waals surface area contributed by atoms with E-state index in [-0.39, 0.29) is 29.2 Å². The lowest BCUT2D eigenvalue weighted by molar-refractivity contribution is -0.0110. The third-order valence-corrected chi connectivity index (χ3v) is 6.03. The molecule has 1 aliphatic carbocycles. The first-order chi connectivity index (χ1) is 15.2. The molecule has 1 unspecified atom stereocenters. The van der Waals surface area contributed by atoms with Crippen LogP contribution in [0.2, 0.25) is 0 Å². The molecule has 0 spiro atoms. The number of fused-ring (bicyclic) bond motifs is 1. The van der Waals surface area contributed by atoms with Crippen molar-refractivity contribution in [2.75, 3.05) is 13.2 Å². The highest BCUT2D eigenvalue weighted by atomic mass is 19.1. The summed E-state index contributed by atoms with van der Waals surface area (Å²) in [7, 11) is 0. The molecule has 1 atom stereocenters. The van der Waals surface area contributed by atoms with Crippen LogP contribution < -0.4 is 10.3 Å². The van der Waals surface area contributed by atoms with Gasteiger partial charge in [-0.25, -0.2) is 4.39 Å². The molecule has 1 aromatic heterocycles. The Labute approximate surface area is 179 Å². The Hall–Kier alpha value is -3.17. The molecule has 1 aliphatic heterocycles. The van der Waals surface area contributed by atoms with E-state index in [4.69, 9.17) is 9.47 Å². The average Bonchev–Trinajstić information content (AvgIpc) is 3.63. The largest absolute Gasteiger partial charge is 0.491 e. The van der Waals surface area contributed by atoms with Crippen LogP contribution in [0.25, 0.3) is 21.9 Å².